The lowest BCUT2D eigenvalue weighted by atomic mass is 10.00. The van der Waals surface area contributed by atoms with E-state index in [0.29, 0.717) is 24.6 Å². The minimum Gasteiger partial charge on any atom is -0.492 e. The molecule has 1 saturated carbocycles. The van der Waals surface area contributed by atoms with Gasteiger partial charge in [0.2, 0.25) is 0 Å². The maximum Gasteiger partial charge on any atom is 0.320 e. The Hall–Kier alpha value is -3.17. The summed E-state index contributed by atoms with van der Waals surface area (Å²) in [6.45, 7) is 5.39. The van der Waals surface area contributed by atoms with Gasteiger partial charge in [-0.15, -0.1) is 0 Å². The van der Waals surface area contributed by atoms with Gasteiger partial charge in [0, 0.05) is 56.7 Å². The molecule has 0 amide bonds. The van der Waals surface area contributed by atoms with E-state index in [1.165, 1.54) is 0 Å². The summed E-state index contributed by atoms with van der Waals surface area (Å²) >= 11 is 0. The van der Waals surface area contributed by atoms with Crippen molar-refractivity contribution in [3.63, 3.8) is 0 Å². The van der Waals surface area contributed by atoms with Crippen molar-refractivity contribution >= 4 is 17.0 Å². The van der Waals surface area contributed by atoms with Crippen molar-refractivity contribution in [1.29, 1.82) is 0 Å². The van der Waals surface area contributed by atoms with Crippen molar-refractivity contribution in [2.24, 2.45) is 13.0 Å². The second kappa shape index (κ2) is 12.1. The molecule has 1 aliphatic heterocycles. The molecule has 1 aliphatic carbocycles. The van der Waals surface area contributed by atoms with E-state index in [0.717, 1.165) is 86.5 Å². The van der Waals surface area contributed by atoms with Crippen LogP contribution in [0.5, 0.6) is 5.75 Å². The Morgan fingerprint density at radius 2 is 1.95 bits per heavy atom. The summed E-state index contributed by atoms with van der Waals surface area (Å²) in [4.78, 5) is 29.3. The van der Waals surface area contributed by atoms with Crippen molar-refractivity contribution in [3.05, 3.63) is 46.4 Å². The summed E-state index contributed by atoms with van der Waals surface area (Å²) in [7, 11) is 1.78. The zero-order valence-corrected chi connectivity index (χ0v) is 22.4. The number of pyridine rings is 1. The Morgan fingerprint density at radius 1 is 1.16 bits per heavy atom. The molecule has 5 rings (SSSR count). The van der Waals surface area contributed by atoms with E-state index in [1.54, 1.807) is 11.6 Å². The second-order valence-electron chi connectivity index (χ2n) is 10.5. The lowest BCUT2D eigenvalue weighted by Gasteiger charge is -2.23. The summed E-state index contributed by atoms with van der Waals surface area (Å²) < 4.78 is 21.0. The fraction of sp³-hybridized carbons (Fsp3) is 0.552. The van der Waals surface area contributed by atoms with Gasteiger partial charge in [-0.05, 0) is 69.6 Å². The Bertz CT molecular complexity index is 1290. The number of aryl methyl sites for hydroxylation is 2. The van der Waals surface area contributed by atoms with E-state index in [-0.39, 0.29) is 24.2 Å². The molecule has 0 bridgehead atoms. The smallest absolute Gasteiger partial charge is 0.320 e. The molecule has 3 heterocycles. The number of imidazole rings is 1. The number of fused-ring (bicyclic) bond motifs is 1. The average Bonchev–Trinajstić information content (AvgIpc) is 3.55. The molecule has 9 nitrogen and oxygen atoms in total. The quantitative estimate of drug-likeness (QED) is 0.321. The summed E-state index contributed by atoms with van der Waals surface area (Å²) in [6.07, 6.45) is 8.21. The molecule has 38 heavy (non-hydrogen) atoms. The Labute approximate surface area is 223 Å². The van der Waals surface area contributed by atoms with E-state index in [9.17, 15) is 9.59 Å². The number of benzene rings is 1. The van der Waals surface area contributed by atoms with Gasteiger partial charge in [0.1, 0.15) is 24.3 Å². The van der Waals surface area contributed by atoms with Gasteiger partial charge in [-0.3, -0.25) is 9.59 Å². The summed E-state index contributed by atoms with van der Waals surface area (Å²) in [5, 5.41) is 3.12. The van der Waals surface area contributed by atoms with Crippen LogP contribution in [-0.4, -0.2) is 59.1 Å². The average molecular weight is 523 g/mol. The lowest BCUT2D eigenvalue weighted by Crippen LogP contribution is -2.30. The van der Waals surface area contributed by atoms with Crippen molar-refractivity contribution < 1.29 is 19.0 Å². The first-order valence-electron chi connectivity index (χ1n) is 13.8. The van der Waals surface area contributed by atoms with Crippen LogP contribution in [0.1, 0.15) is 44.1 Å². The number of rotatable bonds is 10. The zero-order valence-electron chi connectivity index (χ0n) is 22.4. The molecule has 2 aliphatic rings. The van der Waals surface area contributed by atoms with Crippen LogP contribution in [-0.2, 0) is 27.9 Å². The van der Waals surface area contributed by atoms with Gasteiger partial charge in [-0.25, -0.2) is 4.98 Å². The highest BCUT2D eigenvalue weighted by molar-refractivity contribution is 5.82. The minimum absolute atomic E-state index is 0.00284. The molecule has 1 aromatic carbocycles. The minimum atomic E-state index is -0.198. The monoisotopic (exact) mass is 522 g/mol. The standard InChI is InChI=1S/C29H38N4O5/c1-20-15-22(19-32(2)29(20)35)28-31-25-8-7-24(16-26(25)33(28)18-21-9-12-36-13-10-21)37-14-11-30-17-27(34)38-23-5-3-4-6-23/h7-8,15-16,19,21,23,30H,3-6,9-14,17-18H2,1-2H3. The van der Waals surface area contributed by atoms with Crippen LogP contribution in [0, 0.1) is 12.8 Å². The third kappa shape index (κ3) is 6.27. The molecule has 1 N–H and O–H groups in total. The summed E-state index contributed by atoms with van der Waals surface area (Å²) in [6, 6.07) is 7.87. The zero-order chi connectivity index (χ0) is 26.5. The van der Waals surface area contributed by atoms with Crippen LogP contribution in [0.25, 0.3) is 22.4 Å². The highest BCUT2D eigenvalue weighted by Gasteiger charge is 2.21. The molecule has 0 atom stereocenters. The number of aromatic nitrogens is 3. The van der Waals surface area contributed by atoms with Gasteiger partial charge in [0.15, 0.2) is 0 Å². The number of nitrogens with zero attached hydrogens (tertiary/aromatic N) is 3. The molecule has 0 spiro atoms. The fourth-order valence-electron chi connectivity index (χ4n) is 5.45. The van der Waals surface area contributed by atoms with Crippen LogP contribution >= 0.6 is 0 Å². The van der Waals surface area contributed by atoms with E-state index in [1.807, 2.05) is 37.4 Å². The molecule has 0 unspecified atom stereocenters. The van der Waals surface area contributed by atoms with Gasteiger partial charge < -0.3 is 28.7 Å². The Kier molecular flexibility index (Phi) is 8.44. The van der Waals surface area contributed by atoms with Crippen LogP contribution in [0.15, 0.2) is 35.3 Å². The maximum atomic E-state index is 12.3. The number of carbonyl (C=O) groups is 1. The van der Waals surface area contributed by atoms with Crippen molar-refractivity contribution in [2.75, 3.05) is 32.9 Å². The first-order chi connectivity index (χ1) is 18.5. The molecule has 2 aromatic heterocycles. The predicted molar refractivity (Wildman–Crippen MR) is 145 cm³/mol. The molecular weight excluding hydrogens is 484 g/mol. The van der Waals surface area contributed by atoms with Crippen LogP contribution in [0.2, 0.25) is 0 Å². The first kappa shape index (κ1) is 26.4. The molecule has 1 saturated heterocycles. The van der Waals surface area contributed by atoms with Crippen molar-refractivity contribution in [1.82, 2.24) is 19.4 Å². The largest absolute Gasteiger partial charge is 0.492 e. The van der Waals surface area contributed by atoms with Crippen LogP contribution < -0.4 is 15.6 Å². The number of carbonyl (C=O) groups excluding carboxylic acids is 1. The summed E-state index contributed by atoms with van der Waals surface area (Å²) in [5.41, 5.74) is 3.50. The molecule has 9 heteroatoms. The van der Waals surface area contributed by atoms with Gasteiger partial charge in [-0.1, -0.05) is 0 Å². The van der Waals surface area contributed by atoms with Crippen molar-refractivity contribution in [2.45, 2.75) is 58.1 Å². The lowest BCUT2D eigenvalue weighted by molar-refractivity contribution is -0.147. The number of hydrogen-bond acceptors (Lipinski definition) is 7. The van der Waals surface area contributed by atoms with E-state index >= 15 is 0 Å². The molecule has 3 aromatic rings. The predicted octanol–water partition coefficient (Wildman–Crippen LogP) is 3.59. The Balaban J connectivity index is 1.29. The number of ether oxygens (including phenoxy) is 3. The normalized spacial score (nSPS) is 16.8. The molecule has 2 fully saturated rings. The molecule has 204 valence electrons. The van der Waals surface area contributed by atoms with E-state index in [4.69, 9.17) is 19.2 Å². The highest BCUT2D eigenvalue weighted by atomic mass is 16.5. The SMILES string of the molecule is Cc1cc(-c2nc3ccc(OCCNCC(=O)OC4CCCC4)cc3n2CC2CCOCC2)cn(C)c1=O. The number of nitrogens with one attached hydrogen (secondary N) is 1. The topological polar surface area (TPSA) is 96.6 Å². The second-order valence-corrected chi connectivity index (χ2v) is 10.5. The fourth-order valence-corrected chi connectivity index (χ4v) is 5.45. The third-order valence-electron chi connectivity index (χ3n) is 7.54. The first-order valence-corrected chi connectivity index (χ1v) is 13.8. The molecule has 0 radical (unpaired) electrons. The highest BCUT2D eigenvalue weighted by Crippen LogP contribution is 2.30. The van der Waals surface area contributed by atoms with E-state index in [2.05, 4.69) is 9.88 Å². The van der Waals surface area contributed by atoms with Crippen LogP contribution in [0.3, 0.4) is 0 Å². The Morgan fingerprint density at radius 3 is 2.71 bits per heavy atom. The number of hydrogen-bond donors (Lipinski definition) is 1. The van der Waals surface area contributed by atoms with Crippen LogP contribution in [0.4, 0.5) is 0 Å². The van der Waals surface area contributed by atoms with Gasteiger partial charge in [0.25, 0.3) is 5.56 Å². The number of esters is 1. The van der Waals surface area contributed by atoms with Gasteiger partial charge >= 0.3 is 5.97 Å². The third-order valence-corrected chi connectivity index (χ3v) is 7.54. The van der Waals surface area contributed by atoms with Gasteiger partial charge in [-0.2, -0.15) is 0 Å². The van der Waals surface area contributed by atoms with Crippen molar-refractivity contribution in [3.8, 4) is 17.1 Å². The molecular formula is C29H38N4O5. The maximum absolute atomic E-state index is 12.3. The van der Waals surface area contributed by atoms with Gasteiger partial charge in [0.05, 0.1) is 17.6 Å². The van der Waals surface area contributed by atoms with E-state index < -0.39 is 0 Å². The summed E-state index contributed by atoms with van der Waals surface area (Å²) in [5.74, 6) is 1.90.